The van der Waals surface area contributed by atoms with Crippen LogP contribution >= 0.6 is 0 Å². The lowest BCUT2D eigenvalue weighted by Gasteiger charge is -2.08. The first-order chi connectivity index (χ1) is 13.3. The number of hydrogen-bond acceptors (Lipinski definition) is 3. The van der Waals surface area contributed by atoms with Gasteiger partial charge in [0.2, 0.25) is 0 Å². The number of alkyl halides is 3. The van der Waals surface area contributed by atoms with Crippen LogP contribution in [0.3, 0.4) is 0 Å². The van der Waals surface area contributed by atoms with Crippen LogP contribution in [-0.4, -0.2) is 20.4 Å². The Labute approximate surface area is 157 Å². The largest absolute Gasteiger partial charge is 0.418 e. The molecule has 0 bridgehead atoms. The Morgan fingerprint density at radius 3 is 2.89 bits per heavy atom. The summed E-state index contributed by atoms with van der Waals surface area (Å²) in [5.74, 6) is 0.354. The molecule has 0 saturated heterocycles. The van der Waals surface area contributed by atoms with E-state index in [1.165, 1.54) is 29.0 Å². The number of nitrogens with zero attached hydrogens (tertiary/aromatic N) is 2. The normalized spacial score (nSPS) is 16.4. The molecule has 0 spiro atoms. The molecule has 1 atom stereocenters. The van der Waals surface area contributed by atoms with Crippen molar-refractivity contribution in [3.05, 3.63) is 57.9 Å². The van der Waals surface area contributed by atoms with Gasteiger partial charge in [-0.15, -0.1) is 0 Å². The van der Waals surface area contributed by atoms with Crippen molar-refractivity contribution in [1.29, 1.82) is 0 Å². The van der Waals surface area contributed by atoms with Gasteiger partial charge in [-0.05, 0) is 18.1 Å². The van der Waals surface area contributed by atoms with Crippen LogP contribution in [-0.2, 0) is 19.1 Å². The zero-order valence-electron chi connectivity index (χ0n) is 14.9. The van der Waals surface area contributed by atoms with Crippen molar-refractivity contribution in [3.63, 3.8) is 0 Å². The number of benzene rings is 1. The Bertz CT molecular complexity index is 1130. The summed E-state index contributed by atoms with van der Waals surface area (Å²) < 4.78 is 40.4. The average Bonchev–Trinajstić information content (AvgIpc) is 3.25. The molecule has 1 amide bonds. The van der Waals surface area contributed by atoms with Gasteiger partial charge in [0.05, 0.1) is 5.56 Å². The van der Waals surface area contributed by atoms with E-state index in [0.717, 1.165) is 12.6 Å². The van der Waals surface area contributed by atoms with Gasteiger partial charge in [0.15, 0.2) is 0 Å². The average molecular weight is 390 g/mol. The van der Waals surface area contributed by atoms with Gasteiger partial charge < -0.3 is 10.3 Å². The Balaban J connectivity index is 1.60. The molecule has 1 unspecified atom stereocenters. The first-order valence-electron chi connectivity index (χ1n) is 8.86. The highest BCUT2D eigenvalue weighted by Gasteiger charge is 2.33. The number of halogens is 3. The second kappa shape index (κ2) is 6.50. The summed E-state index contributed by atoms with van der Waals surface area (Å²) in [6, 6.07) is 4.05. The number of carbonyl (C=O) groups is 1. The quantitative estimate of drug-likeness (QED) is 0.718. The second-order valence-corrected chi connectivity index (χ2v) is 6.90. The van der Waals surface area contributed by atoms with Crippen molar-refractivity contribution in [1.82, 2.24) is 14.5 Å². The summed E-state index contributed by atoms with van der Waals surface area (Å²) in [5.41, 5.74) is -0.752. The predicted octanol–water partition coefficient (Wildman–Crippen LogP) is 3.58. The molecule has 1 aliphatic heterocycles. The molecule has 2 N–H and O–H groups in total. The minimum absolute atomic E-state index is 0.00960. The predicted molar refractivity (Wildman–Crippen MR) is 97.2 cm³/mol. The lowest BCUT2D eigenvalue weighted by molar-refractivity contribution is -0.136. The summed E-state index contributed by atoms with van der Waals surface area (Å²) in [6.07, 6.45) is -0.698. The van der Waals surface area contributed by atoms with Crippen LogP contribution in [0.15, 0.2) is 35.4 Å². The van der Waals surface area contributed by atoms with Crippen LogP contribution in [0.25, 0.3) is 10.9 Å². The van der Waals surface area contributed by atoms with E-state index in [0.29, 0.717) is 24.7 Å². The summed E-state index contributed by atoms with van der Waals surface area (Å²) in [4.78, 5) is 31.9. The van der Waals surface area contributed by atoms with Gasteiger partial charge in [-0.3, -0.25) is 14.2 Å². The number of H-pyrrole nitrogens is 1. The van der Waals surface area contributed by atoms with Gasteiger partial charge in [0.1, 0.15) is 11.4 Å². The molecule has 0 fully saturated rings. The number of hydrogen-bond donors (Lipinski definition) is 2. The smallest absolute Gasteiger partial charge is 0.360 e. The molecule has 28 heavy (non-hydrogen) atoms. The first-order valence-corrected chi connectivity index (χ1v) is 8.86. The fraction of sp³-hybridized carbons (Fsp3) is 0.316. The Hall–Kier alpha value is -3.10. The summed E-state index contributed by atoms with van der Waals surface area (Å²) in [6.45, 7) is 2.57. The maximum atomic E-state index is 13.0. The number of fused-ring (bicyclic) bond motifs is 2. The first kappa shape index (κ1) is 18.3. The van der Waals surface area contributed by atoms with Crippen molar-refractivity contribution in [2.45, 2.75) is 32.5 Å². The topological polar surface area (TPSA) is 79.8 Å². The monoisotopic (exact) mass is 390 g/mol. The van der Waals surface area contributed by atoms with Crippen molar-refractivity contribution < 1.29 is 18.0 Å². The van der Waals surface area contributed by atoms with E-state index >= 15 is 0 Å². The lowest BCUT2D eigenvalue weighted by Crippen LogP contribution is -2.30. The van der Waals surface area contributed by atoms with Gasteiger partial charge in [-0.25, -0.2) is 4.98 Å². The third kappa shape index (κ3) is 3.06. The Morgan fingerprint density at radius 1 is 1.39 bits per heavy atom. The van der Waals surface area contributed by atoms with E-state index in [9.17, 15) is 22.8 Å². The van der Waals surface area contributed by atoms with E-state index in [4.69, 9.17) is 0 Å². The molecule has 0 radical (unpaired) electrons. The molecule has 2 aromatic heterocycles. The zero-order valence-corrected chi connectivity index (χ0v) is 14.9. The maximum absolute atomic E-state index is 13.0. The van der Waals surface area contributed by atoms with Crippen LogP contribution in [0, 0.1) is 5.92 Å². The third-order valence-electron chi connectivity index (χ3n) is 5.11. The van der Waals surface area contributed by atoms with E-state index in [2.05, 4.69) is 15.3 Å². The Kier molecular flexibility index (Phi) is 4.24. The summed E-state index contributed by atoms with van der Waals surface area (Å²) in [7, 11) is 0. The molecular formula is C19H17F3N4O2. The molecule has 1 aliphatic rings. The number of nitrogens with one attached hydrogen (secondary N) is 2. The van der Waals surface area contributed by atoms with E-state index in [1.54, 1.807) is 0 Å². The van der Waals surface area contributed by atoms with Crippen LogP contribution in [0.4, 0.5) is 18.9 Å². The van der Waals surface area contributed by atoms with E-state index in [-0.39, 0.29) is 22.2 Å². The Morgan fingerprint density at radius 2 is 2.18 bits per heavy atom. The SMILES string of the molecule is CCC1Cc2ncc(C(=O)Nc3ccc4c(C(F)(F)F)c[nH]c4c3)c(=O)n2C1. The molecule has 0 saturated carbocycles. The fourth-order valence-electron chi connectivity index (χ4n) is 3.52. The van der Waals surface area contributed by atoms with Crippen molar-refractivity contribution in [3.8, 4) is 0 Å². The molecular weight excluding hydrogens is 373 g/mol. The van der Waals surface area contributed by atoms with Gasteiger partial charge in [-0.2, -0.15) is 13.2 Å². The number of anilines is 1. The molecule has 1 aromatic carbocycles. The van der Waals surface area contributed by atoms with E-state index in [1.807, 2.05) is 6.92 Å². The summed E-state index contributed by atoms with van der Waals surface area (Å²) >= 11 is 0. The van der Waals surface area contributed by atoms with Gasteiger partial charge in [-0.1, -0.05) is 19.4 Å². The number of amides is 1. The molecule has 9 heteroatoms. The van der Waals surface area contributed by atoms with E-state index < -0.39 is 23.2 Å². The molecule has 3 aromatic rings. The number of carbonyl (C=O) groups excluding carboxylic acids is 1. The number of aromatic nitrogens is 3. The van der Waals surface area contributed by atoms with Crippen molar-refractivity contribution in [2.24, 2.45) is 5.92 Å². The molecule has 4 rings (SSSR count). The van der Waals surface area contributed by atoms with Crippen LogP contribution in [0.2, 0.25) is 0 Å². The summed E-state index contributed by atoms with van der Waals surface area (Å²) in [5, 5.41) is 2.57. The van der Waals surface area contributed by atoms with Crippen LogP contribution in [0.5, 0.6) is 0 Å². The zero-order chi connectivity index (χ0) is 20.1. The van der Waals surface area contributed by atoms with Crippen LogP contribution in [0.1, 0.15) is 35.1 Å². The van der Waals surface area contributed by atoms with Crippen LogP contribution < -0.4 is 10.9 Å². The molecule has 6 nitrogen and oxygen atoms in total. The minimum atomic E-state index is -4.47. The van der Waals surface area contributed by atoms with Crippen molar-refractivity contribution in [2.75, 3.05) is 5.32 Å². The third-order valence-corrected chi connectivity index (χ3v) is 5.11. The number of aromatic amines is 1. The van der Waals surface area contributed by atoms with Gasteiger partial charge in [0.25, 0.3) is 11.5 Å². The highest BCUT2D eigenvalue weighted by molar-refractivity contribution is 6.04. The molecule has 146 valence electrons. The maximum Gasteiger partial charge on any atom is 0.418 e. The van der Waals surface area contributed by atoms with Gasteiger partial charge in [0, 0.05) is 41.9 Å². The molecule has 3 heterocycles. The molecule has 0 aliphatic carbocycles. The fourth-order valence-corrected chi connectivity index (χ4v) is 3.52. The minimum Gasteiger partial charge on any atom is -0.360 e. The highest BCUT2D eigenvalue weighted by atomic mass is 19.4. The number of rotatable bonds is 3. The second-order valence-electron chi connectivity index (χ2n) is 6.90. The van der Waals surface area contributed by atoms with Gasteiger partial charge >= 0.3 is 6.18 Å². The highest BCUT2D eigenvalue weighted by Crippen LogP contribution is 2.35. The van der Waals surface area contributed by atoms with Crippen molar-refractivity contribution >= 4 is 22.5 Å². The standard InChI is InChI=1S/C19H17F3N4O2/c1-2-10-5-16-24-7-13(18(28)26(16)9-10)17(27)25-11-3-4-12-14(19(20,21)22)8-23-15(12)6-11/h3-4,6-8,10,23H,2,5,9H2,1H3,(H,25,27). The lowest BCUT2D eigenvalue weighted by atomic mass is 10.1.